The van der Waals surface area contributed by atoms with Gasteiger partial charge in [0, 0.05) is 25.6 Å². The second-order valence-electron chi connectivity index (χ2n) is 4.39. The number of rotatable bonds is 7. The highest BCUT2D eigenvalue weighted by atomic mass is 32.2. The molecule has 0 atom stereocenters. The van der Waals surface area contributed by atoms with E-state index >= 15 is 0 Å². The Kier molecular flexibility index (Phi) is 5.86. The van der Waals surface area contributed by atoms with Gasteiger partial charge in [0.1, 0.15) is 0 Å². The molecule has 0 aromatic heterocycles. The molecule has 0 saturated carbocycles. The first-order valence-electron chi connectivity index (χ1n) is 6.22. The summed E-state index contributed by atoms with van der Waals surface area (Å²) in [7, 11) is -0.951. The highest BCUT2D eigenvalue weighted by Gasteiger charge is 2.20. The molecule has 1 rings (SSSR count). The summed E-state index contributed by atoms with van der Waals surface area (Å²) in [5.74, 6) is -1.00. The van der Waals surface area contributed by atoms with Crippen molar-refractivity contribution >= 4 is 21.9 Å². The second kappa shape index (κ2) is 7.19. The average molecular weight is 314 g/mol. The number of benzene rings is 1. The third kappa shape index (κ3) is 4.54. The monoisotopic (exact) mass is 314 g/mol. The zero-order chi connectivity index (χ0) is 16.0. The number of sulfonamides is 1. The van der Waals surface area contributed by atoms with Crippen LogP contribution in [0.3, 0.4) is 0 Å². The molecule has 0 spiro atoms. The highest BCUT2D eigenvalue weighted by Crippen LogP contribution is 2.15. The molecular weight excluding hydrogens is 296 g/mol. The maximum absolute atomic E-state index is 12.3. The Balaban J connectivity index is 2.75. The predicted molar refractivity (Wildman–Crippen MR) is 76.0 cm³/mol. The SMILES string of the molecule is COC(=O)CCCN(C)S(=O)(=O)c1ccc(C(N)=O)cc1. The summed E-state index contributed by atoms with van der Waals surface area (Å²) in [6, 6.07) is 5.37. The van der Waals surface area contributed by atoms with Gasteiger partial charge in [0.25, 0.3) is 0 Å². The standard InChI is InChI=1S/C13H18N2O5S/c1-15(9-3-4-12(16)20-2)21(18,19)11-7-5-10(6-8-11)13(14)17/h5-8H,3-4,9H2,1-2H3,(H2,14,17). The van der Waals surface area contributed by atoms with Crippen molar-refractivity contribution in [3.05, 3.63) is 29.8 Å². The van der Waals surface area contributed by atoms with Gasteiger partial charge in [-0.25, -0.2) is 12.7 Å². The first-order valence-corrected chi connectivity index (χ1v) is 7.66. The van der Waals surface area contributed by atoms with E-state index < -0.39 is 15.9 Å². The third-order valence-corrected chi connectivity index (χ3v) is 4.80. The smallest absolute Gasteiger partial charge is 0.305 e. The molecule has 0 unspecified atom stereocenters. The Morgan fingerprint density at radius 3 is 2.29 bits per heavy atom. The summed E-state index contributed by atoms with van der Waals surface area (Å²) < 4.78 is 30.1. The number of nitrogens with zero attached hydrogens (tertiary/aromatic N) is 1. The molecule has 0 radical (unpaired) electrons. The summed E-state index contributed by atoms with van der Waals surface area (Å²) in [5, 5.41) is 0. The molecule has 21 heavy (non-hydrogen) atoms. The van der Waals surface area contributed by atoms with Gasteiger partial charge < -0.3 is 10.5 Å². The Hall–Kier alpha value is -1.93. The topological polar surface area (TPSA) is 107 Å². The molecule has 7 nitrogen and oxygen atoms in total. The molecule has 0 saturated heterocycles. The lowest BCUT2D eigenvalue weighted by Gasteiger charge is -2.17. The fourth-order valence-corrected chi connectivity index (χ4v) is 2.85. The van der Waals surface area contributed by atoms with Crippen LogP contribution in [-0.4, -0.2) is 45.3 Å². The molecule has 0 aliphatic heterocycles. The molecule has 8 heteroatoms. The third-order valence-electron chi connectivity index (χ3n) is 2.93. The van der Waals surface area contributed by atoms with Gasteiger partial charge >= 0.3 is 5.97 Å². The van der Waals surface area contributed by atoms with Crippen molar-refractivity contribution in [2.45, 2.75) is 17.7 Å². The molecule has 1 amide bonds. The zero-order valence-corrected chi connectivity index (χ0v) is 12.7. The van der Waals surface area contributed by atoms with Crippen LogP contribution >= 0.6 is 0 Å². The maximum atomic E-state index is 12.3. The quantitative estimate of drug-likeness (QED) is 0.731. The zero-order valence-electron chi connectivity index (χ0n) is 11.9. The number of carbonyl (C=O) groups excluding carboxylic acids is 2. The fourth-order valence-electron chi connectivity index (χ4n) is 1.64. The molecule has 0 fully saturated rings. The lowest BCUT2D eigenvalue weighted by molar-refractivity contribution is -0.140. The molecule has 1 aromatic carbocycles. The number of esters is 1. The van der Waals surface area contributed by atoms with Gasteiger partial charge in [0.15, 0.2) is 0 Å². The molecular formula is C13H18N2O5S. The van der Waals surface area contributed by atoms with Gasteiger partial charge in [-0.15, -0.1) is 0 Å². The van der Waals surface area contributed by atoms with Crippen LogP contribution in [-0.2, 0) is 19.6 Å². The minimum Gasteiger partial charge on any atom is -0.469 e. The van der Waals surface area contributed by atoms with E-state index in [0.717, 1.165) is 4.31 Å². The van der Waals surface area contributed by atoms with Crippen LogP contribution in [0.1, 0.15) is 23.2 Å². The van der Waals surface area contributed by atoms with E-state index in [4.69, 9.17) is 5.73 Å². The first kappa shape index (κ1) is 17.1. The van der Waals surface area contributed by atoms with E-state index in [1.807, 2.05) is 0 Å². The molecule has 1 aromatic rings. The molecule has 0 aliphatic rings. The average Bonchev–Trinajstić information content (AvgIpc) is 2.46. The number of nitrogens with two attached hydrogens (primary N) is 1. The number of ether oxygens (including phenoxy) is 1. The van der Waals surface area contributed by atoms with Gasteiger partial charge in [-0.3, -0.25) is 9.59 Å². The van der Waals surface area contributed by atoms with Crippen molar-refractivity contribution in [2.24, 2.45) is 5.73 Å². The summed E-state index contributed by atoms with van der Waals surface area (Å²) >= 11 is 0. The number of hydrogen-bond donors (Lipinski definition) is 1. The van der Waals surface area contributed by atoms with Crippen LogP contribution in [0.15, 0.2) is 29.2 Å². The molecule has 0 heterocycles. The van der Waals surface area contributed by atoms with Crippen molar-refractivity contribution < 1.29 is 22.7 Å². The van der Waals surface area contributed by atoms with E-state index in [0.29, 0.717) is 6.42 Å². The van der Waals surface area contributed by atoms with Gasteiger partial charge in [-0.1, -0.05) is 0 Å². The Bertz CT molecular complexity index is 610. The first-order chi connectivity index (χ1) is 9.78. The van der Waals surface area contributed by atoms with Crippen LogP contribution in [0.25, 0.3) is 0 Å². The van der Waals surface area contributed by atoms with Crippen molar-refractivity contribution in [3.8, 4) is 0 Å². The minimum absolute atomic E-state index is 0.0630. The van der Waals surface area contributed by atoms with Gasteiger partial charge in [-0.05, 0) is 30.7 Å². The maximum Gasteiger partial charge on any atom is 0.305 e. The van der Waals surface area contributed by atoms with Crippen molar-refractivity contribution in [2.75, 3.05) is 20.7 Å². The van der Waals surface area contributed by atoms with E-state index in [1.54, 1.807) is 0 Å². The van der Waals surface area contributed by atoms with Crippen LogP contribution in [0.5, 0.6) is 0 Å². The van der Waals surface area contributed by atoms with Crippen molar-refractivity contribution in [3.63, 3.8) is 0 Å². The van der Waals surface area contributed by atoms with Gasteiger partial charge in [0.2, 0.25) is 15.9 Å². The fraction of sp³-hybridized carbons (Fsp3) is 0.385. The van der Waals surface area contributed by atoms with Crippen LogP contribution < -0.4 is 5.73 Å². The number of amides is 1. The highest BCUT2D eigenvalue weighted by molar-refractivity contribution is 7.89. The van der Waals surface area contributed by atoms with Crippen LogP contribution in [0, 0.1) is 0 Å². The Morgan fingerprint density at radius 1 is 1.24 bits per heavy atom. The second-order valence-corrected chi connectivity index (χ2v) is 6.44. The van der Waals surface area contributed by atoms with E-state index in [9.17, 15) is 18.0 Å². The summed E-state index contributed by atoms with van der Waals surface area (Å²) in [5.41, 5.74) is 5.34. The largest absolute Gasteiger partial charge is 0.469 e. The van der Waals surface area contributed by atoms with Crippen LogP contribution in [0.2, 0.25) is 0 Å². The predicted octanol–water partition coefficient (Wildman–Crippen LogP) is 0.359. The summed E-state index contributed by atoms with van der Waals surface area (Å²) in [4.78, 5) is 22.0. The van der Waals surface area contributed by atoms with Gasteiger partial charge in [-0.2, -0.15) is 0 Å². The summed E-state index contributed by atoms with van der Waals surface area (Å²) in [6.45, 7) is 0.189. The molecule has 2 N–H and O–H groups in total. The van der Waals surface area contributed by atoms with Crippen molar-refractivity contribution in [1.29, 1.82) is 0 Å². The summed E-state index contributed by atoms with van der Waals surface area (Å²) in [6.07, 6.45) is 0.513. The lowest BCUT2D eigenvalue weighted by atomic mass is 10.2. The molecule has 116 valence electrons. The Labute approximate surface area is 123 Å². The van der Waals surface area contributed by atoms with Crippen molar-refractivity contribution in [1.82, 2.24) is 4.31 Å². The number of carbonyl (C=O) groups is 2. The van der Waals surface area contributed by atoms with E-state index in [-0.39, 0.29) is 29.4 Å². The Morgan fingerprint density at radius 2 is 1.81 bits per heavy atom. The molecule has 0 bridgehead atoms. The number of methoxy groups -OCH3 is 1. The van der Waals surface area contributed by atoms with E-state index in [1.165, 1.54) is 38.4 Å². The normalized spacial score (nSPS) is 11.4. The number of hydrogen-bond acceptors (Lipinski definition) is 5. The van der Waals surface area contributed by atoms with Crippen LogP contribution in [0.4, 0.5) is 0 Å². The van der Waals surface area contributed by atoms with Gasteiger partial charge in [0.05, 0.1) is 12.0 Å². The van der Waals surface area contributed by atoms with E-state index in [2.05, 4.69) is 4.74 Å². The minimum atomic E-state index is -3.66. The molecule has 0 aliphatic carbocycles. The lowest BCUT2D eigenvalue weighted by Crippen LogP contribution is -2.28. The number of primary amides is 1.